The van der Waals surface area contributed by atoms with Crippen LogP contribution in [0.3, 0.4) is 0 Å². The highest BCUT2D eigenvalue weighted by atomic mass is 32.2. The van der Waals surface area contributed by atoms with Gasteiger partial charge in [-0.15, -0.1) is 5.10 Å². The van der Waals surface area contributed by atoms with Crippen molar-refractivity contribution in [3.8, 4) is 0 Å². The van der Waals surface area contributed by atoms with Gasteiger partial charge in [0.2, 0.25) is 5.89 Å². The molecule has 2 rings (SSSR count). The largest absolute Gasteiger partial charge is 0.408 e. The van der Waals surface area contributed by atoms with Gasteiger partial charge in [0.05, 0.1) is 4.90 Å². The van der Waals surface area contributed by atoms with Gasteiger partial charge in [0.1, 0.15) is 0 Å². The van der Waals surface area contributed by atoms with E-state index in [4.69, 9.17) is 10.2 Å². The smallest absolute Gasteiger partial charge is 0.329 e. The van der Waals surface area contributed by atoms with Gasteiger partial charge in [0.25, 0.3) is 10.0 Å². The van der Waals surface area contributed by atoms with Crippen molar-refractivity contribution >= 4 is 21.7 Å². The topological polar surface area (TPSA) is 111 Å². The van der Waals surface area contributed by atoms with Gasteiger partial charge in [-0.1, -0.05) is 5.10 Å². The molecule has 0 radical (unpaired) electrons. The first-order valence-electron chi connectivity index (χ1n) is 5.49. The summed E-state index contributed by atoms with van der Waals surface area (Å²) in [6.45, 7) is 4.93. The van der Waals surface area contributed by atoms with E-state index in [2.05, 4.69) is 14.9 Å². The SMILES string of the molecule is Cc1nnc(NS(=O)(=O)c2c(C)cc(N)cc2C)o1. The van der Waals surface area contributed by atoms with Crippen LogP contribution in [0.2, 0.25) is 0 Å². The molecule has 0 aliphatic rings. The van der Waals surface area contributed by atoms with E-state index in [1.165, 1.54) is 0 Å². The third-order valence-corrected chi connectivity index (χ3v) is 4.12. The van der Waals surface area contributed by atoms with Crippen LogP contribution < -0.4 is 10.5 Å². The second kappa shape index (κ2) is 4.54. The number of nitrogen functional groups attached to an aromatic ring is 1. The number of benzene rings is 1. The fourth-order valence-electron chi connectivity index (χ4n) is 1.91. The van der Waals surface area contributed by atoms with Crippen LogP contribution in [0.25, 0.3) is 0 Å². The lowest BCUT2D eigenvalue weighted by Crippen LogP contribution is -2.16. The van der Waals surface area contributed by atoms with Gasteiger partial charge in [0, 0.05) is 12.6 Å². The summed E-state index contributed by atoms with van der Waals surface area (Å²) in [5, 5.41) is 7.16. The Hall–Kier alpha value is -2.09. The van der Waals surface area contributed by atoms with E-state index in [9.17, 15) is 8.42 Å². The third-order valence-electron chi connectivity index (χ3n) is 2.50. The van der Waals surface area contributed by atoms with Crippen LogP contribution in [0.15, 0.2) is 21.4 Å². The normalized spacial score (nSPS) is 11.5. The fraction of sp³-hybridized carbons (Fsp3) is 0.273. The quantitative estimate of drug-likeness (QED) is 0.823. The van der Waals surface area contributed by atoms with Crippen LogP contribution in [0.5, 0.6) is 0 Å². The summed E-state index contributed by atoms with van der Waals surface area (Å²) in [7, 11) is -3.78. The molecule has 102 valence electrons. The van der Waals surface area contributed by atoms with Crippen molar-refractivity contribution in [2.45, 2.75) is 25.7 Å². The van der Waals surface area contributed by atoms with Gasteiger partial charge in [-0.3, -0.25) is 0 Å². The van der Waals surface area contributed by atoms with E-state index in [-0.39, 0.29) is 16.8 Å². The summed E-state index contributed by atoms with van der Waals surface area (Å²) in [4.78, 5) is 0.164. The lowest BCUT2D eigenvalue weighted by Gasteiger charge is -2.11. The number of nitrogens with two attached hydrogens (primary N) is 1. The lowest BCUT2D eigenvalue weighted by atomic mass is 10.1. The Labute approximate surface area is 110 Å². The van der Waals surface area contributed by atoms with E-state index in [1.807, 2.05) is 0 Å². The zero-order valence-corrected chi connectivity index (χ0v) is 11.6. The standard InChI is InChI=1S/C11H14N4O3S/c1-6-4-9(12)5-7(2)10(6)19(16,17)15-11-14-13-8(3)18-11/h4-5H,12H2,1-3H3,(H,14,15). The van der Waals surface area contributed by atoms with Gasteiger partial charge in [-0.2, -0.15) is 0 Å². The molecule has 2 aromatic rings. The number of aryl methyl sites for hydroxylation is 3. The Morgan fingerprint density at radius 3 is 2.21 bits per heavy atom. The van der Waals surface area contributed by atoms with Crippen LogP contribution in [0.4, 0.5) is 11.7 Å². The Morgan fingerprint density at radius 2 is 1.74 bits per heavy atom. The molecule has 0 aliphatic heterocycles. The number of anilines is 2. The second-order valence-corrected chi connectivity index (χ2v) is 5.83. The number of nitrogens with zero attached hydrogens (tertiary/aromatic N) is 2. The maximum absolute atomic E-state index is 12.3. The number of sulfonamides is 1. The summed E-state index contributed by atoms with van der Waals surface area (Å²) >= 11 is 0. The minimum absolute atomic E-state index is 0.159. The van der Waals surface area contributed by atoms with Crippen LogP contribution in [-0.4, -0.2) is 18.6 Å². The van der Waals surface area contributed by atoms with Crippen LogP contribution in [-0.2, 0) is 10.0 Å². The summed E-state index contributed by atoms with van der Waals surface area (Å²) in [5.41, 5.74) is 7.30. The Morgan fingerprint density at radius 1 is 1.16 bits per heavy atom. The molecule has 19 heavy (non-hydrogen) atoms. The van der Waals surface area contributed by atoms with E-state index >= 15 is 0 Å². The summed E-state index contributed by atoms with van der Waals surface area (Å²) in [5.74, 6) is 0.281. The maximum Gasteiger partial charge on any atom is 0.329 e. The Bertz CT molecular complexity index is 698. The van der Waals surface area contributed by atoms with Gasteiger partial charge in [-0.05, 0) is 37.1 Å². The highest BCUT2D eigenvalue weighted by Crippen LogP contribution is 2.24. The Balaban J connectivity index is 2.45. The number of aromatic nitrogens is 2. The molecule has 0 fully saturated rings. The molecule has 0 atom stereocenters. The van der Waals surface area contributed by atoms with E-state index in [0.29, 0.717) is 16.8 Å². The van der Waals surface area contributed by atoms with Gasteiger partial charge < -0.3 is 10.2 Å². The van der Waals surface area contributed by atoms with Gasteiger partial charge >= 0.3 is 6.01 Å². The predicted molar refractivity (Wildman–Crippen MR) is 70.2 cm³/mol. The second-order valence-electron chi connectivity index (χ2n) is 4.22. The molecule has 7 nitrogen and oxygen atoms in total. The average Bonchev–Trinajstić information content (AvgIpc) is 2.60. The molecule has 1 heterocycles. The monoisotopic (exact) mass is 282 g/mol. The Kier molecular flexibility index (Phi) is 3.19. The van der Waals surface area contributed by atoms with E-state index in [0.717, 1.165) is 0 Å². The molecule has 0 amide bonds. The van der Waals surface area contributed by atoms with Crippen LogP contribution >= 0.6 is 0 Å². The summed E-state index contributed by atoms with van der Waals surface area (Å²) in [6.07, 6.45) is 0. The van der Waals surface area contributed by atoms with Crippen LogP contribution in [0.1, 0.15) is 17.0 Å². The molecule has 0 bridgehead atoms. The molecule has 0 spiro atoms. The molecule has 3 N–H and O–H groups in total. The van der Waals surface area contributed by atoms with Crippen molar-refractivity contribution in [3.05, 3.63) is 29.2 Å². The number of hydrogen-bond acceptors (Lipinski definition) is 6. The van der Waals surface area contributed by atoms with Crippen molar-refractivity contribution < 1.29 is 12.8 Å². The predicted octanol–water partition coefficient (Wildman–Crippen LogP) is 1.38. The molecule has 0 saturated heterocycles. The molecule has 0 saturated carbocycles. The molecule has 1 aromatic heterocycles. The van der Waals surface area contributed by atoms with Crippen LogP contribution in [0, 0.1) is 20.8 Å². The molecule has 1 aromatic carbocycles. The first kappa shape index (κ1) is 13.3. The number of nitrogens with one attached hydrogen (secondary N) is 1. The summed E-state index contributed by atoms with van der Waals surface area (Å²) < 4.78 is 31.8. The highest BCUT2D eigenvalue weighted by molar-refractivity contribution is 7.92. The van der Waals surface area contributed by atoms with Gasteiger partial charge in [-0.25, -0.2) is 13.1 Å². The van der Waals surface area contributed by atoms with Crippen molar-refractivity contribution in [3.63, 3.8) is 0 Å². The first-order chi connectivity index (χ1) is 8.79. The number of hydrogen-bond donors (Lipinski definition) is 2. The molecule has 0 unspecified atom stereocenters. The van der Waals surface area contributed by atoms with Crippen molar-refractivity contribution in [1.29, 1.82) is 0 Å². The van der Waals surface area contributed by atoms with Crippen molar-refractivity contribution in [1.82, 2.24) is 10.2 Å². The third kappa shape index (κ3) is 2.68. The minimum atomic E-state index is -3.78. The summed E-state index contributed by atoms with van der Waals surface area (Å²) in [6, 6.07) is 3.04. The average molecular weight is 282 g/mol. The molecular formula is C11H14N4O3S. The zero-order chi connectivity index (χ0) is 14.2. The lowest BCUT2D eigenvalue weighted by molar-refractivity contribution is 0.534. The van der Waals surface area contributed by atoms with Gasteiger partial charge in [0.15, 0.2) is 0 Å². The first-order valence-corrected chi connectivity index (χ1v) is 6.97. The maximum atomic E-state index is 12.3. The molecule has 8 heteroatoms. The fourth-order valence-corrected chi connectivity index (χ4v) is 3.29. The zero-order valence-electron chi connectivity index (χ0n) is 10.8. The number of rotatable bonds is 3. The van der Waals surface area contributed by atoms with E-state index < -0.39 is 10.0 Å². The minimum Gasteiger partial charge on any atom is -0.408 e. The van der Waals surface area contributed by atoms with Crippen molar-refractivity contribution in [2.75, 3.05) is 10.5 Å². The van der Waals surface area contributed by atoms with Crippen molar-refractivity contribution in [2.24, 2.45) is 0 Å². The van der Waals surface area contributed by atoms with E-state index in [1.54, 1.807) is 32.9 Å². The molecular weight excluding hydrogens is 268 g/mol. The highest BCUT2D eigenvalue weighted by Gasteiger charge is 2.22. The molecule has 0 aliphatic carbocycles.